The molecular formula is C17H21N3O3S. The summed E-state index contributed by atoms with van der Waals surface area (Å²) in [5.41, 5.74) is 1.17. The highest BCUT2D eigenvalue weighted by atomic mass is 32.1. The molecule has 7 heteroatoms. The molecule has 2 aromatic heterocycles. The fourth-order valence-corrected chi connectivity index (χ4v) is 4.38. The van der Waals surface area contributed by atoms with Crippen molar-refractivity contribution in [1.82, 2.24) is 9.88 Å². The van der Waals surface area contributed by atoms with Crippen molar-refractivity contribution < 1.29 is 13.9 Å². The Morgan fingerprint density at radius 1 is 1.42 bits per heavy atom. The molecule has 2 aliphatic rings. The van der Waals surface area contributed by atoms with E-state index in [2.05, 4.69) is 15.2 Å². The largest absolute Gasteiger partial charge is 0.468 e. The molecule has 0 radical (unpaired) electrons. The number of ether oxygens (including phenoxy) is 1. The van der Waals surface area contributed by atoms with Gasteiger partial charge in [0.05, 0.1) is 37.8 Å². The van der Waals surface area contributed by atoms with Gasteiger partial charge in [0.25, 0.3) is 0 Å². The van der Waals surface area contributed by atoms with Crippen LogP contribution in [0.4, 0.5) is 5.13 Å². The van der Waals surface area contributed by atoms with Crippen molar-refractivity contribution in [3.63, 3.8) is 0 Å². The molecule has 4 rings (SSSR count). The molecule has 1 aliphatic heterocycles. The summed E-state index contributed by atoms with van der Waals surface area (Å²) in [5, 5.41) is 3.70. The number of morpholine rings is 1. The molecule has 0 saturated carbocycles. The van der Waals surface area contributed by atoms with Crippen LogP contribution in [-0.4, -0.2) is 42.1 Å². The van der Waals surface area contributed by atoms with Gasteiger partial charge >= 0.3 is 0 Å². The summed E-state index contributed by atoms with van der Waals surface area (Å²) in [5.74, 6) is 0.812. The third-order valence-electron chi connectivity index (χ3n) is 4.55. The van der Waals surface area contributed by atoms with E-state index in [0.29, 0.717) is 26.3 Å². The second-order valence-corrected chi connectivity index (χ2v) is 7.30. The van der Waals surface area contributed by atoms with Gasteiger partial charge in [0, 0.05) is 11.4 Å². The Bertz CT molecular complexity index is 675. The Morgan fingerprint density at radius 2 is 2.33 bits per heavy atom. The normalized spacial score (nSPS) is 21.4. The minimum absolute atomic E-state index is 0.0102. The number of rotatable bonds is 4. The zero-order valence-corrected chi connectivity index (χ0v) is 14.3. The van der Waals surface area contributed by atoms with E-state index in [4.69, 9.17) is 9.15 Å². The van der Waals surface area contributed by atoms with E-state index < -0.39 is 0 Å². The Morgan fingerprint density at radius 3 is 3.17 bits per heavy atom. The number of fused-ring (bicyclic) bond motifs is 1. The molecule has 1 saturated heterocycles. The molecule has 1 amide bonds. The maximum absolute atomic E-state index is 12.5. The van der Waals surface area contributed by atoms with Crippen molar-refractivity contribution in [3.8, 4) is 0 Å². The number of hydrogen-bond acceptors (Lipinski definition) is 6. The van der Waals surface area contributed by atoms with Gasteiger partial charge in [-0.15, -0.1) is 11.3 Å². The van der Waals surface area contributed by atoms with Crippen LogP contribution in [-0.2, 0) is 22.4 Å². The lowest BCUT2D eigenvalue weighted by Crippen LogP contribution is -2.43. The Balaban J connectivity index is 1.40. The average Bonchev–Trinajstić information content (AvgIpc) is 3.24. The second kappa shape index (κ2) is 7.04. The van der Waals surface area contributed by atoms with E-state index in [0.717, 1.165) is 23.7 Å². The third kappa shape index (κ3) is 3.38. The average molecular weight is 347 g/mol. The molecule has 0 spiro atoms. The first-order chi connectivity index (χ1) is 11.8. The van der Waals surface area contributed by atoms with E-state index in [1.165, 1.54) is 23.4 Å². The van der Waals surface area contributed by atoms with Crippen LogP contribution in [0.5, 0.6) is 0 Å². The Kier molecular flexibility index (Phi) is 4.64. The van der Waals surface area contributed by atoms with Gasteiger partial charge in [-0.05, 0) is 37.8 Å². The topological polar surface area (TPSA) is 67.6 Å². The van der Waals surface area contributed by atoms with Crippen LogP contribution in [0, 0.1) is 0 Å². The highest BCUT2D eigenvalue weighted by Gasteiger charge is 2.28. The summed E-state index contributed by atoms with van der Waals surface area (Å²) in [6.45, 7) is 2.22. The summed E-state index contributed by atoms with van der Waals surface area (Å²) >= 11 is 1.62. The highest BCUT2D eigenvalue weighted by Crippen LogP contribution is 2.30. The standard InChI is InChI=1S/C17H21N3O3S/c21-16(19-17-18-12-4-1-2-6-15(12)24-17)10-20-7-9-22-11-13(20)14-5-3-8-23-14/h3,5,8,13H,1-2,4,6-7,9-11H2,(H,18,19,21). The van der Waals surface area contributed by atoms with Gasteiger partial charge in [-0.3, -0.25) is 9.69 Å². The number of carbonyl (C=O) groups is 1. The number of aryl methyl sites for hydroxylation is 2. The summed E-state index contributed by atoms with van der Waals surface area (Å²) in [6.07, 6.45) is 6.20. The fraction of sp³-hybridized carbons (Fsp3) is 0.529. The van der Waals surface area contributed by atoms with E-state index in [1.807, 2.05) is 12.1 Å². The Hall–Kier alpha value is -1.70. The fourth-order valence-electron chi connectivity index (χ4n) is 3.32. The molecule has 128 valence electrons. The maximum Gasteiger partial charge on any atom is 0.240 e. The summed E-state index contributed by atoms with van der Waals surface area (Å²) in [4.78, 5) is 20.5. The lowest BCUT2D eigenvalue weighted by atomic mass is 10.0. The first-order valence-corrected chi connectivity index (χ1v) is 9.25. The third-order valence-corrected chi connectivity index (χ3v) is 5.62. The van der Waals surface area contributed by atoms with Crippen molar-refractivity contribution in [3.05, 3.63) is 34.7 Å². The van der Waals surface area contributed by atoms with Gasteiger partial charge < -0.3 is 14.5 Å². The number of thiazole rings is 1. The molecular weight excluding hydrogens is 326 g/mol. The van der Waals surface area contributed by atoms with Crippen molar-refractivity contribution >= 4 is 22.4 Å². The van der Waals surface area contributed by atoms with Gasteiger partial charge in [-0.25, -0.2) is 4.98 Å². The lowest BCUT2D eigenvalue weighted by molar-refractivity contribution is -0.120. The summed E-state index contributed by atoms with van der Waals surface area (Å²) < 4.78 is 11.0. The highest BCUT2D eigenvalue weighted by molar-refractivity contribution is 7.15. The number of amides is 1. The molecule has 2 aromatic rings. The van der Waals surface area contributed by atoms with Crippen LogP contribution in [0.25, 0.3) is 0 Å². The van der Waals surface area contributed by atoms with Crippen molar-refractivity contribution in [2.24, 2.45) is 0 Å². The first-order valence-electron chi connectivity index (χ1n) is 8.43. The van der Waals surface area contributed by atoms with Crippen LogP contribution in [0.3, 0.4) is 0 Å². The van der Waals surface area contributed by atoms with E-state index in [9.17, 15) is 4.79 Å². The van der Waals surface area contributed by atoms with Crippen molar-refractivity contribution in [2.75, 3.05) is 31.6 Å². The summed E-state index contributed by atoms with van der Waals surface area (Å²) in [6, 6.07) is 3.78. The molecule has 1 unspecified atom stereocenters. The molecule has 0 aromatic carbocycles. The number of nitrogens with zero attached hydrogens (tertiary/aromatic N) is 2. The zero-order chi connectivity index (χ0) is 16.4. The molecule has 1 fully saturated rings. The molecule has 1 N–H and O–H groups in total. The SMILES string of the molecule is O=C(CN1CCOCC1c1ccco1)Nc1nc2c(s1)CCCC2. The van der Waals surface area contributed by atoms with Gasteiger partial charge in [0.1, 0.15) is 5.76 Å². The number of carbonyl (C=O) groups excluding carboxylic acids is 1. The number of aromatic nitrogens is 1. The van der Waals surface area contributed by atoms with Gasteiger partial charge in [0.15, 0.2) is 5.13 Å². The van der Waals surface area contributed by atoms with Crippen LogP contribution in [0.1, 0.15) is 35.2 Å². The predicted octanol–water partition coefficient (Wildman–Crippen LogP) is 2.63. The lowest BCUT2D eigenvalue weighted by Gasteiger charge is -2.33. The monoisotopic (exact) mass is 347 g/mol. The van der Waals surface area contributed by atoms with Crippen LogP contribution in [0.15, 0.2) is 22.8 Å². The number of nitrogens with one attached hydrogen (secondary N) is 1. The van der Waals surface area contributed by atoms with Crippen LogP contribution >= 0.6 is 11.3 Å². The van der Waals surface area contributed by atoms with Crippen LogP contribution < -0.4 is 5.32 Å². The van der Waals surface area contributed by atoms with Crippen molar-refractivity contribution in [2.45, 2.75) is 31.7 Å². The Labute approximate surface area is 144 Å². The van der Waals surface area contributed by atoms with E-state index >= 15 is 0 Å². The molecule has 1 atom stereocenters. The molecule has 0 bridgehead atoms. The molecule has 6 nitrogen and oxygen atoms in total. The van der Waals surface area contributed by atoms with Gasteiger partial charge in [-0.2, -0.15) is 0 Å². The van der Waals surface area contributed by atoms with E-state index in [-0.39, 0.29) is 11.9 Å². The quantitative estimate of drug-likeness (QED) is 0.921. The van der Waals surface area contributed by atoms with Gasteiger partial charge in [0.2, 0.25) is 5.91 Å². The summed E-state index contributed by atoms with van der Waals surface area (Å²) in [7, 11) is 0. The number of anilines is 1. The molecule has 24 heavy (non-hydrogen) atoms. The molecule has 3 heterocycles. The smallest absolute Gasteiger partial charge is 0.240 e. The van der Waals surface area contributed by atoms with Crippen molar-refractivity contribution in [1.29, 1.82) is 0 Å². The molecule has 1 aliphatic carbocycles. The van der Waals surface area contributed by atoms with Gasteiger partial charge in [-0.1, -0.05) is 0 Å². The minimum atomic E-state index is -0.0282. The first kappa shape index (κ1) is 15.8. The minimum Gasteiger partial charge on any atom is -0.468 e. The van der Waals surface area contributed by atoms with Crippen LogP contribution in [0.2, 0.25) is 0 Å². The predicted molar refractivity (Wildman–Crippen MR) is 91.2 cm³/mol. The van der Waals surface area contributed by atoms with E-state index in [1.54, 1.807) is 17.6 Å². The number of furan rings is 1. The maximum atomic E-state index is 12.5. The zero-order valence-electron chi connectivity index (χ0n) is 13.5. The second-order valence-electron chi connectivity index (χ2n) is 6.22. The number of hydrogen-bond donors (Lipinski definition) is 1.